The van der Waals surface area contributed by atoms with E-state index in [0.717, 1.165) is 25.7 Å². The van der Waals surface area contributed by atoms with Gasteiger partial charge < -0.3 is 19.9 Å². The molecule has 0 radical (unpaired) electrons. The summed E-state index contributed by atoms with van der Waals surface area (Å²) >= 11 is 0. The fourth-order valence-electron chi connectivity index (χ4n) is 5.17. The summed E-state index contributed by atoms with van der Waals surface area (Å²) in [6.07, 6.45) is 4.78. The maximum absolute atomic E-state index is 13.2. The number of cyclic esters (lactones) is 1. The van der Waals surface area contributed by atoms with Gasteiger partial charge in [0.05, 0.1) is 7.11 Å². The minimum absolute atomic E-state index is 0.116. The zero-order valence-corrected chi connectivity index (χ0v) is 21.3. The molecular formula is C30H34N2O5. The SMILES string of the molecule is COc1ccnc(C(=O)NC2CCCC(Cc3ccccc3)C(Cc3ccccc3)C(C)OC2=O)c1O. The van der Waals surface area contributed by atoms with E-state index in [9.17, 15) is 14.7 Å². The van der Waals surface area contributed by atoms with Gasteiger partial charge in [-0.25, -0.2) is 9.78 Å². The van der Waals surface area contributed by atoms with Crippen molar-refractivity contribution in [2.75, 3.05) is 7.11 Å². The number of benzene rings is 2. The van der Waals surface area contributed by atoms with E-state index >= 15 is 0 Å². The van der Waals surface area contributed by atoms with Crippen molar-refractivity contribution in [2.45, 2.75) is 51.2 Å². The quantitative estimate of drug-likeness (QED) is 0.454. The van der Waals surface area contributed by atoms with Crippen LogP contribution in [0.25, 0.3) is 0 Å². The molecule has 2 aromatic carbocycles. The van der Waals surface area contributed by atoms with E-state index in [-0.39, 0.29) is 29.2 Å². The number of hydrogen-bond acceptors (Lipinski definition) is 6. The molecule has 4 rings (SSSR count). The standard InChI is InChI=1S/C30H34N2O5/c1-20-24(19-22-12-7-4-8-13-22)23(18-21-10-5-3-6-11-21)14-9-15-25(30(35)37-20)32-29(34)27-28(33)26(36-2)16-17-31-27/h3-8,10-13,16-17,20,23-25,33H,9,14-15,18-19H2,1-2H3,(H,32,34). The molecule has 194 valence electrons. The second-order valence-corrected chi connectivity index (χ2v) is 9.61. The minimum Gasteiger partial charge on any atom is -0.503 e. The molecule has 3 aromatic rings. The number of hydrogen-bond donors (Lipinski definition) is 2. The Kier molecular flexibility index (Phi) is 8.77. The molecule has 1 amide bonds. The molecule has 1 aliphatic rings. The van der Waals surface area contributed by atoms with Crippen LogP contribution >= 0.6 is 0 Å². The molecule has 4 atom stereocenters. The molecule has 7 nitrogen and oxygen atoms in total. The zero-order chi connectivity index (χ0) is 26.2. The van der Waals surface area contributed by atoms with E-state index in [4.69, 9.17) is 9.47 Å². The minimum atomic E-state index is -0.838. The smallest absolute Gasteiger partial charge is 0.328 e. The van der Waals surface area contributed by atoms with Crippen LogP contribution in [0.1, 0.15) is 47.8 Å². The second-order valence-electron chi connectivity index (χ2n) is 9.61. The van der Waals surface area contributed by atoms with E-state index in [1.165, 1.54) is 30.5 Å². The first-order valence-corrected chi connectivity index (χ1v) is 12.8. The highest BCUT2D eigenvalue weighted by atomic mass is 16.5. The number of esters is 1. The lowest BCUT2D eigenvalue weighted by Crippen LogP contribution is -2.43. The zero-order valence-electron chi connectivity index (χ0n) is 21.3. The maximum Gasteiger partial charge on any atom is 0.328 e. The van der Waals surface area contributed by atoms with Crippen LogP contribution in [0.5, 0.6) is 11.5 Å². The molecule has 2 heterocycles. The first kappa shape index (κ1) is 26.2. The van der Waals surface area contributed by atoms with E-state index < -0.39 is 17.9 Å². The van der Waals surface area contributed by atoms with Gasteiger partial charge in [-0.1, -0.05) is 67.1 Å². The molecule has 1 fully saturated rings. The second kappa shape index (κ2) is 12.4. The summed E-state index contributed by atoms with van der Waals surface area (Å²) in [7, 11) is 1.39. The Bertz CT molecular complexity index is 1190. The summed E-state index contributed by atoms with van der Waals surface area (Å²) in [5.74, 6) is -0.931. The van der Waals surface area contributed by atoms with E-state index in [2.05, 4.69) is 34.6 Å². The van der Waals surface area contributed by atoms with Crippen molar-refractivity contribution in [1.82, 2.24) is 10.3 Å². The van der Waals surface area contributed by atoms with E-state index in [1.807, 2.05) is 43.3 Å². The topological polar surface area (TPSA) is 97.8 Å². The molecule has 7 heteroatoms. The van der Waals surface area contributed by atoms with Crippen LogP contribution in [0.3, 0.4) is 0 Å². The van der Waals surface area contributed by atoms with Gasteiger partial charge in [0, 0.05) is 18.2 Å². The van der Waals surface area contributed by atoms with Crippen molar-refractivity contribution >= 4 is 11.9 Å². The number of carbonyl (C=O) groups excluding carboxylic acids is 2. The van der Waals surface area contributed by atoms with Crippen molar-refractivity contribution < 1.29 is 24.2 Å². The Morgan fingerprint density at radius 2 is 1.68 bits per heavy atom. The maximum atomic E-state index is 13.2. The van der Waals surface area contributed by atoms with Gasteiger partial charge in [-0.15, -0.1) is 0 Å². The van der Waals surface area contributed by atoms with E-state index in [1.54, 1.807) is 0 Å². The molecule has 0 aliphatic carbocycles. The van der Waals surface area contributed by atoms with Gasteiger partial charge in [0.25, 0.3) is 5.91 Å². The molecule has 1 saturated heterocycles. The predicted octanol–water partition coefficient (Wildman–Crippen LogP) is 4.73. The number of aromatic hydroxyl groups is 1. The number of ether oxygens (including phenoxy) is 2. The van der Waals surface area contributed by atoms with Crippen molar-refractivity contribution in [3.8, 4) is 11.5 Å². The molecule has 37 heavy (non-hydrogen) atoms. The van der Waals surface area contributed by atoms with E-state index in [0.29, 0.717) is 12.3 Å². The summed E-state index contributed by atoms with van der Waals surface area (Å²) in [6, 6.07) is 21.3. The Balaban J connectivity index is 1.54. The largest absolute Gasteiger partial charge is 0.503 e. The molecule has 1 aromatic heterocycles. The highest BCUT2D eigenvalue weighted by molar-refractivity contribution is 5.97. The summed E-state index contributed by atoms with van der Waals surface area (Å²) in [4.78, 5) is 30.1. The fraction of sp³-hybridized carbons (Fsp3) is 0.367. The monoisotopic (exact) mass is 502 g/mol. The third-order valence-electron chi connectivity index (χ3n) is 7.15. The Morgan fingerprint density at radius 3 is 2.32 bits per heavy atom. The number of nitrogens with one attached hydrogen (secondary N) is 1. The van der Waals surface area contributed by atoms with Gasteiger partial charge in [0.15, 0.2) is 17.2 Å². The van der Waals surface area contributed by atoms with Gasteiger partial charge in [-0.05, 0) is 49.7 Å². The highest BCUT2D eigenvalue weighted by Gasteiger charge is 2.35. The van der Waals surface area contributed by atoms with Crippen LogP contribution in [-0.4, -0.2) is 41.2 Å². The molecule has 4 unspecified atom stereocenters. The summed E-state index contributed by atoms with van der Waals surface area (Å²) in [6.45, 7) is 1.95. The van der Waals surface area contributed by atoms with Crippen molar-refractivity contribution in [3.63, 3.8) is 0 Å². The number of methoxy groups -OCH3 is 1. The Labute approximate surface area is 217 Å². The van der Waals surface area contributed by atoms with Crippen LogP contribution < -0.4 is 10.1 Å². The summed E-state index contributed by atoms with van der Waals surface area (Å²) < 4.78 is 11.1. The molecule has 0 saturated carbocycles. The van der Waals surface area contributed by atoms with Crippen LogP contribution in [0, 0.1) is 11.8 Å². The van der Waals surface area contributed by atoms with Crippen molar-refractivity contribution in [2.24, 2.45) is 11.8 Å². The van der Waals surface area contributed by atoms with Crippen molar-refractivity contribution in [3.05, 3.63) is 89.7 Å². The molecule has 0 bridgehead atoms. The van der Waals surface area contributed by atoms with Crippen molar-refractivity contribution in [1.29, 1.82) is 0 Å². The lowest BCUT2D eigenvalue weighted by Gasteiger charge is -2.31. The predicted molar refractivity (Wildman–Crippen MR) is 140 cm³/mol. The normalized spacial score (nSPS) is 22.2. The van der Waals surface area contributed by atoms with Crippen LogP contribution in [-0.2, 0) is 22.4 Å². The summed E-state index contributed by atoms with van der Waals surface area (Å²) in [5, 5.41) is 13.1. The van der Waals surface area contributed by atoms with Gasteiger partial charge >= 0.3 is 5.97 Å². The van der Waals surface area contributed by atoms with Gasteiger partial charge in [0.2, 0.25) is 0 Å². The van der Waals surface area contributed by atoms with Gasteiger partial charge in [0.1, 0.15) is 12.1 Å². The Morgan fingerprint density at radius 1 is 1.03 bits per heavy atom. The number of nitrogens with zero attached hydrogens (tertiary/aromatic N) is 1. The van der Waals surface area contributed by atoms with Crippen LogP contribution in [0.4, 0.5) is 0 Å². The number of carbonyl (C=O) groups is 2. The van der Waals surface area contributed by atoms with Crippen LogP contribution in [0.2, 0.25) is 0 Å². The Hall–Kier alpha value is -3.87. The molecular weight excluding hydrogens is 468 g/mol. The average Bonchev–Trinajstić information content (AvgIpc) is 2.95. The lowest BCUT2D eigenvalue weighted by molar-refractivity contribution is -0.153. The number of rotatable bonds is 7. The third-order valence-corrected chi connectivity index (χ3v) is 7.15. The summed E-state index contributed by atoms with van der Waals surface area (Å²) in [5.41, 5.74) is 2.27. The third kappa shape index (κ3) is 6.67. The highest BCUT2D eigenvalue weighted by Crippen LogP contribution is 2.33. The average molecular weight is 503 g/mol. The molecule has 2 N–H and O–H groups in total. The van der Waals surface area contributed by atoms with Gasteiger partial charge in [-0.3, -0.25) is 4.79 Å². The molecule has 1 aliphatic heterocycles. The first-order valence-electron chi connectivity index (χ1n) is 12.8. The fourth-order valence-corrected chi connectivity index (χ4v) is 5.17. The number of amides is 1. The molecule has 0 spiro atoms. The first-order chi connectivity index (χ1) is 18.0. The van der Waals surface area contributed by atoms with Gasteiger partial charge in [-0.2, -0.15) is 0 Å². The lowest BCUT2D eigenvalue weighted by atomic mass is 9.77. The number of pyridine rings is 1. The van der Waals surface area contributed by atoms with Crippen LogP contribution in [0.15, 0.2) is 72.9 Å². The number of aromatic nitrogens is 1.